The van der Waals surface area contributed by atoms with Crippen LogP contribution in [0.3, 0.4) is 0 Å². The summed E-state index contributed by atoms with van der Waals surface area (Å²) < 4.78 is 12.2. The lowest BCUT2D eigenvalue weighted by atomic mass is 10.3. The topological polar surface area (TPSA) is 67.8 Å². The number of nitrogens with one attached hydrogen (secondary N) is 1. The fourth-order valence-electron chi connectivity index (χ4n) is 1.73. The Hall–Kier alpha value is -2.21. The molecule has 1 amide bonds. The molecule has 2 aromatic carbocycles. The second-order valence-electron chi connectivity index (χ2n) is 4.46. The third kappa shape index (κ3) is 5.65. The van der Waals surface area contributed by atoms with Gasteiger partial charge in [0.05, 0.1) is 6.61 Å². The van der Waals surface area contributed by atoms with Gasteiger partial charge in [0.2, 0.25) is 0 Å². The van der Waals surface area contributed by atoms with Crippen LogP contribution >= 0.6 is 15.9 Å². The van der Waals surface area contributed by atoms with Crippen LogP contribution in [0.4, 0.5) is 4.79 Å². The van der Waals surface area contributed by atoms with E-state index < -0.39 is 6.09 Å². The van der Waals surface area contributed by atoms with Crippen molar-refractivity contribution in [2.75, 3.05) is 13.2 Å². The minimum Gasteiger partial charge on any atom is -0.494 e. The van der Waals surface area contributed by atoms with Crippen molar-refractivity contribution in [1.82, 2.24) is 5.32 Å². The molecule has 116 valence electrons. The molecule has 6 heteroatoms. The van der Waals surface area contributed by atoms with E-state index in [1.54, 1.807) is 0 Å². The van der Waals surface area contributed by atoms with Crippen LogP contribution in [0.5, 0.6) is 17.2 Å². The Morgan fingerprint density at radius 3 is 2.50 bits per heavy atom. The van der Waals surface area contributed by atoms with Gasteiger partial charge in [0.1, 0.15) is 17.2 Å². The van der Waals surface area contributed by atoms with Gasteiger partial charge in [-0.3, -0.25) is 0 Å². The molecule has 0 aliphatic carbocycles. The molecule has 2 aromatic rings. The van der Waals surface area contributed by atoms with Crippen molar-refractivity contribution in [1.29, 1.82) is 0 Å². The Labute approximate surface area is 137 Å². The molecule has 22 heavy (non-hydrogen) atoms. The summed E-state index contributed by atoms with van der Waals surface area (Å²) in [5.41, 5.74) is 0. The van der Waals surface area contributed by atoms with Gasteiger partial charge in [-0.1, -0.05) is 22.0 Å². The van der Waals surface area contributed by atoms with E-state index in [4.69, 9.17) is 14.6 Å². The van der Waals surface area contributed by atoms with Gasteiger partial charge < -0.3 is 19.9 Å². The van der Waals surface area contributed by atoms with Crippen molar-refractivity contribution in [2.24, 2.45) is 0 Å². The zero-order valence-electron chi connectivity index (χ0n) is 11.8. The maximum atomic E-state index is 10.3. The summed E-state index contributed by atoms with van der Waals surface area (Å²) in [5, 5.41) is 10.7. The highest BCUT2D eigenvalue weighted by Gasteiger charge is 2.00. The fraction of sp³-hybridized carbons (Fsp3) is 0.188. The Morgan fingerprint density at radius 1 is 1.09 bits per heavy atom. The number of halogens is 1. The fourth-order valence-corrected chi connectivity index (χ4v) is 2.11. The third-order valence-corrected chi connectivity index (χ3v) is 3.21. The standard InChI is InChI=1S/C16H16BrNO4/c17-12-3-1-4-15(11-12)22-14-7-5-13(6-8-14)21-10-2-9-18-16(19)20/h1,3-8,11,18H,2,9-10H2,(H,19,20). The number of carbonyl (C=O) groups is 1. The molecule has 5 nitrogen and oxygen atoms in total. The number of hydrogen-bond donors (Lipinski definition) is 2. The zero-order valence-corrected chi connectivity index (χ0v) is 13.4. The van der Waals surface area contributed by atoms with Crippen LogP contribution < -0.4 is 14.8 Å². The van der Waals surface area contributed by atoms with Crippen LogP contribution in [-0.4, -0.2) is 24.4 Å². The molecule has 2 N–H and O–H groups in total. The Balaban J connectivity index is 1.79. The van der Waals surface area contributed by atoms with Crippen molar-refractivity contribution < 1.29 is 19.4 Å². The van der Waals surface area contributed by atoms with Crippen LogP contribution in [0.1, 0.15) is 6.42 Å². The highest BCUT2D eigenvalue weighted by atomic mass is 79.9. The largest absolute Gasteiger partial charge is 0.494 e. The van der Waals surface area contributed by atoms with E-state index in [0.717, 1.165) is 21.7 Å². The number of ether oxygens (including phenoxy) is 2. The first kappa shape index (κ1) is 16.2. The first-order chi connectivity index (χ1) is 10.6. The molecule has 0 aliphatic rings. The first-order valence-corrected chi connectivity index (χ1v) is 7.56. The predicted molar refractivity (Wildman–Crippen MR) is 86.8 cm³/mol. The average Bonchev–Trinajstić information content (AvgIpc) is 2.48. The van der Waals surface area contributed by atoms with Crippen molar-refractivity contribution in [3.63, 3.8) is 0 Å². The van der Waals surface area contributed by atoms with E-state index >= 15 is 0 Å². The van der Waals surface area contributed by atoms with Crippen LogP contribution in [0.25, 0.3) is 0 Å². The predicted octanol–water partition coefficient (Wildman–Crippen LogP) is 4.28. The molecule has 0 fully saturated rings. The summed E-state index contributed by atoms with van der Waals surface area (Å²) >= 11 is 3.40. The van der Waals surface area contributed by atoms with Gasteiger partial charge in [0, 0.05) is 11.0 Å². The average molecular weight is 366 g/mol. The molecule has 0 atom stereocenters. The highest BCUT2D eigenvalue weighted by Crippen LogP contribution is 2.25. The molecule has 0 heterocycles. The molecule has 0 saturated heterocycles. The van der Waals surface area contributed by atoms with E-state index in [-0.39, 0.29) is 0 Å². The van der Waals surface area contributed by atoms with Gasteiger partial charge in [0.15, 0.2) is 0 Å². The SMILES string of the molecule is O=C(O)NCCCOc1ccc(Oc2cccc(Br)c2)cc1. The highest BCUT2D eigenvalue weighted by molar-refractivity contribution is 9.10. The van der Waals surface area contributed by atoms with E-state index in [1.807, 2.05) is 48.5 Å². The molecule has 0 unspecified atom stereocenters. The maximum absolute atomic E-state index is 10.3. The summed E-state index contributed by atoms with van der Waals surface area (Å²) in [4.78, 5) is 10.3. The Morgan fingerprint density at radius 2 is 1.82 bits per heavy atom. The van der Waals surface area contributed by atoms with Crippen molar-refractivity contribution in [3.8, 4) is 17.2 Å². The number of hydrogen-bond acceptors (Lipinski definition) is 3. The van der Waals surface area contributed by atoms with Crippen LogP contribution in [0.2, 0.25) is 0 Å². The van der Waals surface area contributed by atoms with Gasteiger partial charge in [-0.2, -0.15) is 0 Å². The molecule has 0 aromatic heterocycles. The van der Waals surface area contributed by atoms with E-state index in [9.17, 15) is 4.79 Å². The monoisotopic (exact) mass is 365 g/mol. The molecular weight excluding hydrogens is 350 g/mol. The normalized spacial score (nSPS) is 10.0. The molecule has 0 bridgehead atoms. The van der Waals surface area contributed by atoms with E-state index in [0.29, 0.717) is 19.6 Å². The van der Waals surface area contributed by atoms with E-state index in [1.165, 1.54) is 0 Å². The number of amides is 1. The molecular formula is C16H16BrNO4. The molecule has 0 saturated carbocycles. The Bertz CT molecular complexity index is 616. The lowest BCUT2D eigenvalue weighted by Gasteiger charge is -2.09. The summed E-state index contributed by atoms with van der Waals surface area (Å²) in [6, 6.07) is 14.9. The van der Waals surface area contributed by atoms with Crippen LogP contribution in [0.15, 0.2) is 53.0 Å². The summed E-state index contributed by atoms with van der Waals surface area (Å²) in [6.45, 7) is 0.825. The molecule has 0 spiro atoms. The van der Waals surface area contributed by atoms with Gasteiger partial charge in [-0.25, -0.2) is 4.79 Å². The van der Waals surface area contributed by atoms with E-state index in [2.05, 4.69) is 21.2 Å². The number of benzene rings is 2. The van der Waals surface area contributed by atoms with Crippen molar-refractivity contribution in [2.45, 2.75) is 6.42 Å². The second kappa shape index (κ2) is 8.29. The molecule has 0 aliphatic heterocycles. The molecule has 0 radical (unpaired) electrons. The number of rotatable bonds is 7. The minimum atomic E-state index is -1.02. The first-order valence-electron chi connectivity index (χ1n) is 6.76. The second-order valence-corrected chi connectivity index (χ2v) is 5.38. The van der Waals surface area contributed by atoms with Gasteiger partial charge in [0.25, 0.3) is 0 Å². The Kier molecular flexibility index (Phi) is 6.09. The maximum Gasteiger partial charge on any atom is 0.404 e. The summed E-state index contributed by atoms with van der Waals surface area (Å²) in [5.74, 6) is 2.19. The lowest BCUT2D eigenvalue weighted by molar-refractivity contribution is 0.193. The molecule has 2 rings (SSSR count). The van der Waals surface area contributed by atoms with Gasteiger partial charge in [-0.15, -0.1) is 0 Å². The van der Waals surface area contributed by atoms with Gasteiger partial charge >= 0.3 is 6.09 Å². The summed E-state index contributed by atoms with van der Waals surface area (Å²) in [6.07, 6.45) is -0.406. The van der Waals surface area contributed by atoms with Gasteiger partial charge in [-0.05, 0) is 48.9 Å². The zero-order chi connectivity index (χ0) is 15.8. The van der Waals surface area contributed by atoms with Crippen molar-refractivity contribution >= 4 is 22.0 Å². The third-order valence-electron chi connectivity index (χ3n) is 2.72. The number of carboxylic acid groups (broad SMARTS) is 1. The smallest absolute Gasteiger partial charge is 0.404 e. The quantitative estimate of drug-likeness (QED) is 0.718. The summed E-state index contributed by atoms with van der Waals surface area (Å²) in [7, 11) is 0. The minimum absolute atomic E-state index is 0.374. The van der Waals surface area contributed by atoms with Crippen molar-refractivity contribution in [3.05, 3.63) is 53.0 Å². The lowest BCUT2D eigenvalue weighted by Crippen LogP contribution is -2.23. The van der Waals surface area contributed by atoms with Crippen LogP contribution in [0, 0.1) is 0 Å². The van der Waals surface area contributed by atoms with Crippen LogP contribution in [-0.2, 0) is 0 Å².